The van der Waals surface area contributed by atoms with E-state index in [0.29, 0.717) is 12.3 Å². The van der Waals surface area contributed by atoms with Gasteiger partial charge in [0.2, 0.25) is 0 Å². The Morgan fingerprint density at radius 2 is 2.16 bits per heavy atom. The number of carbonyl (C=O) groups is 1. The van der Waals surface area contributed by atoms with Gasteiger partial charge in [-0.15, -0.1) is 0 Å². The number of carbonyl (C=O) groups excluding carboxylic acids is 1. The summed E-state index contributed by atoms with van der Waals surface area (Å²) in [5, 5.41) is 5.55. The van der Waals surface area contributed by atoms with Crippen LogP contribution in [0, 0.1) is 5.82 Å². The molecule has 0 unspecified atom stereocenters. The zero-order valence-corrected chi connectivity index (χ0v) is 10.6. The highest BCUT2D eigenvalue weighted by molar-refractivity contribution is 5.99. The molecule has 0 saturated heterocycles. The van der Waals surface area contributed by atoms with Crippen LogP contribution in [0.15, 0.2) is 41.0 Å². The number of nitrogens with one attached hydrogen (secondary N) is 2. The van der Waals surface area contributed by atoms with E-state index < -0.39 is 5.82 Å². The van der Waals surface area contributed by atoms with Crippen molar-refractivity contribution >= 4 is 11.6 Å². The zero-order chi connectivity index (χ0) is 13.7. The predicted molar refractivity (Wildman–Crippen MR) is 70.4 cm³/mol. The highest BCUT2D eigenvalue weighted by atomic mass is 19.1. The summed E-state index contributed by atoms with van der Waals surface area (Å²) in [7, 11) is 0. The molecule has 0 saturated carbocycles. The second-order valence-electron chi connectivity index (χ2n) is 3.95. The molecule has 1 aromatic heterocycles. The fourth-order valence-corrected chi connectivity index (χ4v) is 1.75. The predicted octanol–water partition coefficient (Wildman–Crippen LogP) is 2.78. The first-order valence-electron chi connectivity index (χ1n) is 6.05. The molecule has 1 amide bonds. The van der Waals surface area contributed by atoms with Crippen molar-refractivity contribution in [2.75, 3.05) is 11.9 Å². The Hall–Kier alpha value is -2.30. The molecule has 0 spiro atoms. The van der Waals surface area contributed by atoms with Crippen molar-refractivity contribution < 1.29 is 13.6 Å². The molecule has 0 aliphatic heterocycles. The minimum atomic E-state index is -0.438. The lowest BCUT2D eigenvalue weighted by atomic mass is 10.1. The molecule has 5 heteroatoms. The number of furan rings is 1. The van der Waals surface area contributed by atoms with Gasteiger partial charge in [0.1, 0.15) is 11.6 Å². The zero-order valence-electron chi connectivity index (χ0n) is 10.6. The van der Waals surface area contributed by atoms with Crippen LogP contribution in [-0.2, 0) is 6.54 Å². The Morgan fingerprint density at radius 3 is 2.84 bits per heavy atom. The molecule has 0 aliphatic rings. The van der Waals surface area contributed by atoms with Gasteiger partial charge >= 0.3 is 0 Å². The highest BCUT2D eigenvalue weighted by Crippen LogP contribution is 2.19. The summed E-state index contributed by atoms with van der Waals surface area (Å²) in [6.07, 6.45) is 1.54. The molecular formula is C14H15FN2O2. The van der Waals surface area contributed by atoms with Gasteiger partial charge in [-0.25, -0.2) is 4.39 Å². The summed E-state index contributed by atoms with van der Waals surface area (Å²) in [6, 6.07) is 7.92. The minimum absolute atomic E-state index is 0.224. The Morgan fingerprint density at radius 1 is 1.32 bits per heavy atom. The maximum atomic E-state index is 13.7. The van der Waals surface area contributed by atoms with E-state index in [1.165, 1.54) is 18.4 Å². The summed E-state index contributed by atoms with van der Waals surface area (Å²) in [5.41, 5.74) is 0.510. The maximum absolute atomic E-state index is 13.7. The molecule has 2 rings (SSSR count). The summed E-state index contributed by atoms with van der Waals surface area (Å²) in [4.78, 5) is 12.0. The molecule has 0 atom stereocenters. The number of hydrogen-bond acceptors (Lipinski definition) is 3. The van der Waals surface area contributed by atoms with E-state index in [1.807, 2.05) is 6.92 Å². The fraction of sp³-hybridized carbons (Fsp3) is 0.214. The van der Waals surface area contributed by atoms with Gasteiger partial charge in [-0.3, -0.25) is 4.79 Å². The van der Waals surface area contributed by atoms with Crippen molar-refractivity contribution in [3.05, 3.63) is 53.7 Å². The standard InChI is InChI=1S/C14H15FN2O2/c1-2-16-13-11(6-3-7-12(13)15)14(18)17-9-10-5-4-8-19-10/h3-8,16H,2,9H2,1H3,(H,17,18). The van der Waals surface area contributed by atoms with Crippen molar-refractivity contribution in [1.29, 1.82) is 0 Å². The van der Waals surface area contributed by atoms with E-state index in [-0.39, 0.29) is 23.7 Å². The third kappa shape index (κ3) is 3.13. The van der Waals surface area contributed by atoms with Gasteiger partial charge in [0, 0.05) is 6.54 Å². The number of para-hydroxylation sites is 1. The molecule has 0 radical (unpaired) electrons. The second-order valence-corrected chi connectivity index (χ2v) is 3.95. The Bertz CT molecular complexity index is 553. The smallest absolute Gasteiger partial charge is 0.253 e. The molecule has 0 bridgehead atoms. The lowest BCUT2D eigenvalue weighted by Crippen LogP contribution is -2.24. The molecule has 1 aromatic carbocycles. The summed E-state index contributed by atoms with van der Waals surface area (Å²) in [6.45, 7) is 2.66. The molecular weight excluding hydrogens is 247 g/mol. The van der Waals surface area contributed by atoms with Crippen molar-refractivity contribution in [1.82, 2.24) is 5.32 Å². The van der Waals surface area contributed by atoms with E-state index in [9.17, 15) is 9.18 Å². The van der Waals surface area contributed by atoms with Crippen LogP contribution in [0.25, 0.3) is 0 Å². The monoisotopic (exact) mass is 262 g/mol. The Kier molecular flexibility index (Phi) is 4.18. The van der Waals surface area contributed by atoms with Gasteiger partial charge < -0.3 is 15.1 Å². The van der Waals surface area contributed by atoms with Crippen LogP contribution in [0.2, 0.25) is 0 Å². The molecule has 0 aliphatic carbocycles. The quantitative estimate of drug-likeness (QED) is 0.871. The SMILES string of the molecule is CCNc1c(F)cccc1C(=O)NCc1ccco1. The average molecular weight is 262 g/mol. The molecule has 2 aromatic rings. The fourth-order valence-electron chi connectivity index (χ4n) is 1.75. The van der Waals surface area contributed by atoms with Crippen molar-refractivity contribution in [2.45, 2.75) is 13.5 Å². The van der Waals surface area contributed by atoms with E-state index >= 15 is 0 Å². The molecule has 4 nitrogen and oxygen atoms in total. The molecule has 2 N–H and O–H groups in total. The molecule has 100 valence electrons. The van der Waals surface area contributed by atoms with Gasteiger partial charge in [0.05, 0.1) is 24.1 Å². The van der Waals surface area contributed by atoms with E-state index in [2.05, 4.69) is 10.6 Å². The van der Waals surface area contributed by atoms with Crippen molar-refractivity contribution in [3.8, 4) is 0 Å². The average Bonchev–Trinajstić information content (AvgIpc) is 2.92. The summed E-state index contributed by atoms with van der Waals surface area (Å²) >= 11 is 0. The van der Waals surface area contributed by atoms with Crippen LogP contribution in [-0.4, -0.2) is 12.5 Å². The van der Waals surface area contributed by atoms with Gasteiger partial charge in [-0.2, -0.15) is 0 Å². The van der Waals surface area contributed by atoms with Gasteiger partial charge in [-0.1, -0.05) is 6.07 Å². The molecule has 1 heterocycles. The topological polar surface area (TPSA) is 54.3 Å². The molecule has 0 fully saturated rings. The molecule has 19 heavy (non-hydrogen) atoms. The second kappa shape index (κ2) is 6.04. The van der Waals surface area contributed by atoms with Gasteiger partial charge in [0.25, 0.3) is 5.91 Å². The van der Waals surface area contributed by atoms with Crippen LogP contribution >= 0.6 is 0 Å². The summed E-state index contributed by atoms with van der Waals surface area (Å²) in [5.74, 6) is -0.130. The Labute approximate surface area is 110 Å². The van der Waals surface area contributed by atoms with E-state index in [1.54, 1.807) is 18.2 Å². The number of amides is 1. The highest BCUT2D eigenvalue weighted by Gasteiger charge is 2.14. The van der Waals surface area contributed by atoms with Crippen LogP contribution in [0.5, 0.6) is 0 Å². The number of halogens is 1. The first-order valence-corrected chi connectivity index (χ1v) is 6.05. The van der Waals surface area contributed by atoms with E-state index in [4.69, 9.17) is 4.42 Å². The third-order valence-electron chi connectivity index (χ3n) is 2.62. The lowest BCUT2D eigenvalue weighted by Gasteiger charge is -2.11. The number of benzene rings is 1. The Balaban J connectivity index is 2.12. The summed E-state index contributed by atoms with van der Waals surface area (Å²) < 4.78 is 18.8. The van der Waals surface area contributed by atoms with Crippen molar-refractivity contribution in [3.63, 3.8) is 0 Å². The normalized spacial score (nSPS) is 10.2. The minimum Gasteiger partial charge on any atom is -0.467 e. The van der Waals surface area contributed by atoms with E-state index in [0.717, 1.165) is 0 Å². The lowest BCUT2D eigenvalue weighted by molar-refractivity contribution is 0.0948. The van der Waals surface area contributed by atoms with Gasteiger partial charge in [-0.05, 0) is 31.2 Å². The van der Waals surface area contributed by atoms with Crippen LogP contribution < -0.4 is 10.6 Å². The number of rotatable bonds is 5. The first-order chi connectivity index (χ1) is 9.22. The van der Waals surface area contributed by atoms with Crippen LogP contribution in [0.3, 0.4) is 0 Å². The van der Waals surface area contributed by atoms with Crippen LogP contribution in [0.4, 0.5) is 10.1 Å². The largest absolute Gasteiger partial charge is 0.467 e. The maximum Gasteiger partial charge on any atom is 0.253 e. The van der Waals surface area contributed by atoms with Crippen LogP contribution in [0.1, 0.15) is 23.0 Å². The first kappa shape index (κ1) is 13.1. The van der Waals surface area contributed by atoms with Gasteiger partial charge in [0.15, 0.2) is 0 Å². The third-order valence-corrected chi connectivity index (χ3v) is 2.62. The number of hydrogen-bond donors (Lipinski definition) is 2. The van der Waals surface area contributed by atoms with Crippen molar-refractivity contribution in [2.24, 2.45) is 0 Å². The number of anilines is 1.